The van der Waals surface area contributed by atoms with Crippen LogP contribution in [0.15, 0.2) is 36.4 Å². The first-order valence-electron chi connectivity index (χ1n) is 7.17. The smallest absolute Gasteiger partial charge is 0.231 e. The van der Waals surface area contributed by atoms with Crippen LogP contribution in [0.1, 0.15) is 11.3 Å². The fourth-order valence-electron chi connectivity index (χ4n) is 2.51. The van der Waals surface area contributed by atoms with Gasteiger partial charge in [0.25, 0.3) is 0 Å². The van der Waals surface area contributed by atoms with E-state index in [1.54, 1.807) is 6.07 Å². The third-order valence-corrected chi connectivity index (χ3v) is 4.32. The molecule has 3 aromatic rings. The summed E-state index contributed by atoms with van der Waals surface area (Å²) in [6.07, 6.45) is 3.74. The second-order valence-corrected chi connectivity index (χ2v) is 6.08. The van der Waals surface area contributed by atoms with Crippen LogP contribution in [0.5, 0.6) is 17.2 Å². The highest BCUT2D eigenvalue weighted by Gasteiger charge is 2.13. The fraction of sp³-hybridized carbons (Fsp3) is 0.0556. The van der Waals surface area contributed by atoms with Crippen LogP contribution >= 0.6 is 23.2 Å². The largest absolute Gasteiger partial charge is 0.504 e. The minimum atomic E-state index is -0.0746. The Morgan fingerprint density at radius 3 is 2.67 bits per heavy atom. The van der Waals surface area contributed by atoms with Gasteiger partial charge < -0.3 is 14.6 Å². The number of rotatable bonds is 2. The number of hydrogen-bond acceptors (Lipinski definition) is 4. The number of phenolic OH excluding ortho intramolecular Hbond substituents is 1. The number of pyridine rings is 1. The summed E-state index contributed by atoms with van der Waals surface area (Å²) < 4.78 is 10.6. The molecule has 2 heterocycles. The lowest BCUT2D eigenvalue weighted by molar-refractivity contribution is 0.174. The van der Waals surface area contributed by atoms with Gasteiger partial charge in [0.1, 0.15) is 5.52 Å². The molecule has 6 heteroatoms. The number of benzene rings is 2. The quantitative estimate of drug-likeness (QED) is 0.687. The van der Waals surface area contributed by atoms with Crippen molar-refractivity contribution in [3.8, 4) is 17.2 Å². The molecule has 0 aliphatic carbocycles. The highest BCUT2D eigenvalue weighted by atomic mass is 35.5. The van der Waals surface area contributed by atoms with Crippen molar-refractivity contribution in [2.45, 2.75) is 0 Å². The highest BCUT2D eigenvalue weighted by Crippen LogP contribution is 2.36. The SMILES string of the molecule is Oc1c(Cl)cc(Cl)c2ccc(/C=C/c3ccc4c(c3)OCO4)nc12. The number of ether oxygens (including phenoxy) is 2. The van der Waals surface area contributed by atoms with E-state index in [0.717, 1.165) is 17.1 Å². The predicted octanol–water partition coefficient (Wildman–Crippen LogP) is 5.15. The van der Waals surface area contributed by atoms with Gasteiger partial charge in [0.15, 0.2) is 17.2 Å². The predicted molar refractivity (Wildman–Crippen MR) is 94.9 cm³/mol. The summed E-state index contributed by atoms with van der Waals surface area (Å²) in [5, 5.41) is 11.4. The maximum atomic E-state index is 10.1. The Kier molecular flexibility index (Phi) is 3.71. The molecule has 0 bridgehead atoms. The topological polar surface area (TPSA) is 51.6 Å². The van der Waals surface area contributed by atoms with E-state index in [0.29, 0.717) is 21.6 Å². The van der Waals surface area contributed by atoms with Crippen LogP contribution in [-0.2, 0) is 0 Å². The summed E-state index contributed by atoms with van der Waals surface area (Å²) in [6, 6.07) is 10.8. The van der Waals surface area contributed by atoms with Gasteiger partial charge in [-0.25, -0.2) is 4.98 Å². The summed E-state index contributed by atoms with van der Waals surface area (Å²) in [5.74, 6) is 1.39. The standard InChI is InChI=1S/C18H11Cl2NO3/c19-13-8-14(20)18(22)17-12(13)5-4-11(21-17)3-1-10-2-6-15-16(7-10)24-9-23-15/h1-8,22H,9H2/b3-1+. The summed E-state index contributed by atoms with van der Waals surface area (Å²) in [5.41, 5.74) is 2.00. The van der Waals surface area contributed by atoms with E-state index in [9.17, 15) is 5.11 Å². The van der Waals surface area contributed by atoms with Crippen LogP contribution in [0.4, 0.5) is 0 Å². The first kappa shape index (κ1) is 15.1. The molecule has 120 valence electrons. The third kappa shape index (κ3) is 2.64. The maximum absolute atomic E-state index is 10.1. The van der Waals surface area contributed by atoms with E-state index in [2.05, 4.69) is 4.98 Å². The van der Waals surface area contributed by atoms with E-state index in [4.69, 9.17) is 32.7 Å². The Morgan fingerprint density at radius 1 is 0.958 bits per heavy atom. The van der Waals surface area contributed by atoms with Gasteiger partial charge in [-0.1, -0.05) is 35.3 Å². The minimum absolute atomic E-state index is 0.0746. The molecule has 1 aromatic heterocycles. The molecule has 1 N–H and O–H groups in total. The summed E-state index contributed by atoms with van der Waals surface area (Å²) in [4.78, 5) is 4.42. The van der Waals surface area contributed by atoms with Crippen LogP contribution in [0, 0.1) is 0 Å². The molecule has 24 heavy (non-hydrogen) atoms. The molecule has 0 amide bonds. The Hall–Kier alpha value is -2.43. The van der Waals surface area contributed by atoms with Crippen molar-refractivity contribution in [3.05, 3.63) is 57.7 Å². The molecule has 0 saturated carbocycles. The molecule has 0 atom stereocenters. The summed E-state index contributed by atoms with van der Waals surface area (Å²) in [6.45, 7) is 0.246. The molecule has 1 aliphatic heterocycles. The van der Waals surface area contributed by atoms with E-state index in [1.165, 1.54) is 6.07 Å². The zero-order valence-electron chi connectivity index (χ0n) is 12.3. The van der Waals surface area contributed by atoms with E-state index in [-0.39, 0.29) is 17.6 Å². The number of halogens is 2. The van der Waals surface area contributed by atoms with Gasteiger partial charge in [0.05, 0.1) is 15.7 Å². The second kappa shape index (κ2) is 5.89. The molecular weight excluding hydrogens is 349 g/mol. The normalized spacial score (nSPS) is 13.1. The lowest BCUT2D eigenvalue weighted by Crippen LogP contribution is -1.92. The zero-order valence-corrected chi connectivity index (χ0v) is 13.8. The lowest BCUT2D eigenvalue weighted by Gasteiger charge is -2.05. The fourth-order valence-corrected chi connectivity index (χ4v) is 3.03. The molecule has 0 unspecified atom stereocenters. The number of aromatic hydroxyl groups is 1. The van der Waals surface area contributed by atoms with Gasteiger partial charge in [-0.05, 0) is 42.0 Å². The first-order valence-corrected chi connectivity index (χ1v) is 7.93. The van der Waals surface area contributed by atoms with Crippen LogP contribution in [0.2, 0.25) is 10.0 Å². The van der Waals surface area contributed by atoms with E-state index < -0.39 is 0 Å². The molecule has 0 spiro atoms. The number of aromatic nitrogens is 1. The number of fused-ring (bicyclic) bond motifs is 2. The van der Waals surface area contributed by atoms with Crippen molar-refractivity contribution in [2.24, 2.45) is 0 Å². The molecule has 4 rings (SSSR count). The first-order chi connectivity index (χ1) is 11.6. The molecule has 1 aliphatic rings. The molecule has 0 radical (unpaired) electrons. The second-order valence-electron chi connectivity index (χ2n) is 5.27. The van der Waals surface area contributed by atoms with Gasteiger partial charge in [-0.3, -0.25) is 0 Å². The highest BCUT2D eigenvalue weighted by molar-refractivity contribution is 6.39. The third-order valence-electron chi connectivity index (χ3n) is 3.72. The molecule has 2 aromatic carbocycles. The number of phenols is 1. The molecule has 4 nitrogen and oxygen atoms in total. The zero-order chi connectivity index (χ0) is 16.7. The average Bonchev–Trinajstić information content (AvgIpc) is 3.05. The molecule has 0 fully saturated rings. The van der Waals surface area contributed by atoms with Crippen LogP contribution in [0.25, 0.3) is 23.1 Å². The van der Waals surface area contributed by atoms with E-state index in [1.807, 2.05) is 36.4 Å². The summed E-state index contributed by atoms with van der Waals surface area (Å²) in [7, 11) is 0. The van der Waals surface area contributed by atoms with Gasteiger partial charge in [0.2, 0.25) is 6.79 Å². The Morgan fingerprint density at radius 2 is 1.79 bits per heavy atom. The Labute approximate surface area is 147 Å². The summed E-state index contributed by atoms with van der Waals surface area (Å²) >= 11 is 12.1. The molecule has 0 saturated heterocycles. The Balaban J connectivity index is 1.71. The van der Waals surface area contributed by atoms with Crippen molar-refractivity contribution < 1.29 is 14.6 Å². The molecular formula is C18H11Cl2NO3. The number of hydrogen-bond donors (Lipinski definition) is 1. The average molecular weight is 360 g/mol. The van der Waals surface area contributed by atoms with Gasteiger partial charge in [-0.2, -0.15) is 0 Å². The minimum Gasteiger partial charge on any atom is -0.504 e. The number of nitrogens with zero attached hydrogens (tertiary/aromatic N) is 1. The maximum Gasteiger partial charge on any atom is 0.231 e. The van der Waals surface area contributed by atoms with Crippen molar-refractivity contribution >= 4 is 46.3 Å². The van der Waals surface area contributed by atoms with Gasteiger partial charge in [0, 0.05) is 5.39 Å². The monoisotopic (exact) mass is 359 g/mol. The van der Waals surface area contributed by atoms with Crippen molar-refractivity contribution in [2.75, 3.05) is 6.79 Å². The van der Waals surface area contributed by atoms with Crippen molar-refractivity contribution in [1.82, 2.24) is 4.98 Å². The van der Waals surface area contributed by atoms with Crippen LogP contribution in [0.3, 0.4) is 0 Å². The van der Waals surface area contributed by atoms with Gasteiger partial charge in [-0.15, -0.1) is 0 Å². The van der Waals surface area contributed by atoms with Crippen LogP contribution < -0.4 is 9.47 Å². The van der Waals surface area contributed by atoms with Crippen molar-refractivity contribution in [1.29, 1.82) is 0 Å². The lowest BCUT2D eigenvalue weighted by atomic mass is 10.1. The van der Waals surface area contributed by atoms with E-state index >= 15 is 0 Å². The van der Waals surface area contributed by atoms with Crippen molar-refractivity contribution in [3.63, 3.8) is 0 Å². The Bertz CT molecular complexity index is 986. The van der Waals surface area contributed by atoms with Crippen LogP contribution in [-0.4, -0.2) is 16.9 Å². The van der Waals surface area contributed by atoms with Gasteiger partial charge >= 0.3 is 0 Å².